The Hall–Kier alpha value is -1.65. The number of hydrogen-bond donors (Lipinski definition) is 0. The molecule has 1 heterocycles. The summed E-state index contributed by atoms with van der Waals surface area (Å²) in [5.74, 6) is -1.43. The lowest BCUT2D eigenvalue weighted by Crippen LogP contribution is -2.35. The molecule has 1 aliphatic heterocycles. The first-order chi connectivity index (χ1) is 14.6. The second kappa shape index (κ2) is 11.7. The summed E-state index contributed by atoms with van der Waals surface area (Å²) < 4.78 is 0. The standard InChI is InChI=1S/C25H39NO4/c1-2-3-4-5-6-7-8-9-10-11-12-13-14-15-21(27)30-26-24(28)22-19-16-17-20(18-19)23(22)25(26)29/h16-17,19-20,22-23H,2-15,18H2,1H3. The topological polar surface area (TPSA) is 63.7 Å². The highest BCUT2D eigenvalue weighted by Gasteiger charge is 2.60. The van der Waals surface area contributed by atoms with Crippen molar-refractivity contribution in [1.82, 2.24) is 5.06 Å². The van der Waals surface area contributed by atoms with Crippen LogP contribution in [0.1, 0.15) is 103 Å². The van der Waals surface area contributed by atoms with Crippen molar-refractivity contribution in [3.05, 3.63) is 12.2 Å². The molecule has 5 heteroatoms. The molecule has 0 spiro atoms. The average molecular weight is 418 g/mol. The minimum absolute atomic E-state index is 0.140. The number of fused-ring (bicyclic) bond motifs is 5. The van der Waals surface area contributed by atoms with Gasteiger partial charge in [-0.05, 0) is 24.7 Å². The summed E-state index contributed by atoms with van der Waals surface area (Å²) in [4.78, 5) is 42.3. The van der Waals surface area contributed by atoms with E-state index in [1.54, 1.807) is 0 Å². The fraction of sp³-hybridized carbons (Fsp3) is 0.800. The molecule has 5 nitrogen and oxygen atoms in total. The van der Waals surface area contributed by atoms with Crippen LogP contribution in [0.25, 0.3) is 0 Å². The number of imide groups is 1. The van der Waals surface area contributed by atoms with Gasteiger partial charge in [0.25, 0.3) is 11.8 Å². The van der Waals surface area contributed by atoms with E-state index >= 15 is 0 Å². The van der Waals surface area contributed by atoms with E-state index in [0.717, 1.165) is 30.7 Å². The molecule has 4 unspecified atom stereocenters. The van der Waals surface area contributed by atoms with Gasteiger partial charge in [0.1, 0.15) is 0 Å². The van der Waals surface area contributed by atoms with Crippen molar-refractivity contribution in [2.24, 2.45) is 23.7 Å². The molecule has 3 aliphatic rings. The smallest absolute Gasteiger partial charge is 0.330 e. The fourth-order valence-corrected chi connectivity index (χ4v) is 5.40. The first kappa shape index (κ1) is 23.0. The Labute approximate surface area is 181 Å². The highest BCUT2D eigenvalue weighted by atomic mass is 16.7. The van der Waals surface area contributed by atoms with E-state index in [9.17, 15) is 14.4 Å². The Bertz CT molecular complexity index is 599. The third-order valence-electron chi connectivity index (χ3n) is 7.11. The molecule has 2 bridgehead atoms. The van der Waals surface area contributed by atoms with Crippen LogP contribution in [0.4, 0.5) is 0 Å². The molecule has 30 heavy (non-hydrogen) atoms. The Morgan fingerprint density at radius 2 is 1.23 bits per heavy atom. The van der Waals surface area contributed by atoms with Crippen molar-refractivity contribution in [3.63, 3.8) is 0 Å². The molecule has 0 aromatic carbocycles. The van der Waals surface area contributed by atoms with E-state index in [1.165, 1.54) is 64.2 Å². The van der Waals surface area contributed by atoms with Gasteiger partial charge in [-0.2, -0.15) is 0 Å². The minimum Gasteiger partial charge on any atom is -0.330 e. The maximum Gasteiger partial charge on any atom is 0.333 e. The Morgan fingerprint density at radius 1 is 0.800 bits per heavy atom. The molecule has 3 rings (SSSR count). The van der Waals surface area contributed by atoms with Crippen molar-refractivity contribution >= 4 is 17.8 Å². The number of nitrogens with zero attached hydrogens (tertiary/aromatic N) is 1. The molecule has 2 amide bonds. The van der Waals surface area contributed by atoms with Crippen molar-refractivity contribution in [3.8, 4) is 0 Å². The van der Waals surface area contributed by atoms with Gasteiger partial charge < -0.3 is 4.84 Å². The molecule has 2 fully saturated rings. The van der Waals surface area contributed by atoms with Crippen molar-refractivity contribution in [2.75, 3.05) is 0 Å². The molecule has 2 aliphatic carbocycles. The summed E-state index contributed by atoms with van der Waals surface area (Å²) in [5.41, 5.74) is 0. The Morgan fingerprint density at radius 3 is 1.70 bits per heavy atom. The SMILES string of the molecule is CCCCCCCCCCCCCCCC(=O)ON1C(=O)C2C3C=CC(C3)C2C1=O. The molecule has 168 valence electrons. The van der Waals surface area contributed by atoms with Crippen LogP contribution >= 0.6 is 0 Å². The first-order valence-corrected chi connectivity index (χ1v) is 12.4. The molecule has 0 N–H and O–H groups in total. The van der Waals surface area contributed by atoms with Crippen LogP contribution < -0.4 is 0 Å². The van der Waals surface area contributed by atoms with Crippen LogP contribution in [-0.4, -0.2) is 22.8 Å². The summed E-state index contributed by atoms with van der Waals surface area (Å²) in [7, 11) is 0. The van der Waals surface area contributed by atoms with Crippen LogP contribution in [-0.2, 0) is 19.2 Å². The van der Waals surface area contributed by atoms with E-state index in [1.807, 2.05) is 12.2 Å². The van der Waals surface area contributed by atoms with Crippen molar-refractivity contribution in [1.29, 1.82) is 0 Å². The second-order valence-corrected chi connectivity index (χ2v) is 9.43. The molecule has 0 radical (unpaired) electrons. The van der Waals surface area contributed by atoms with Gasteiger partial charge in [0.2, 0.25) is 0 Å². The monoisotopic (exact) mass is 417 g/mol. The van der Waals surface area contributed by atoms with Gasteiger partial charge in [-0.1, -0.05) is 96.1 Å². The van der Waals surface area contributed by atoms with Gasteiger partial charge in [-0.3, -0.25) is 9.59 Å². The fourth-order valence-electron chi connectivity index (χ4n) is 5.40. The zero-order chi connectivity index (χ0) is 21.3. The zero-order valence-electron chi connectivity index (χ0n) is 18.7. The maximum atomic E-state index is 12.5. The predicted molar refractivity (Wildman–Crippen MR) is 116 cm³/mol. The largest absolute Gasteiger partial charge is 0.333 e. The summed E-state index contributed by atoms with van der Waals surface area (Å²) >= 11 is 0. The van der Waals surface area contributed by atoms with Gasteiger partial charge in [0.05, 0.1) is 11.8 Å². The molecular weight excluding hydrogens is 378 g/mol. The van der Waals surface area contributed by atoms with Crippen LogP contribution in [0.3, 0.4) is 0 Å². The van der Waals surface area contributed by atoms with E-state index in [4.69, 9.17) is 4.84 Å². The molecule has 0 aromatic heterocycles. The third kappa shape index (κ3) is 5.73. The second-order valence-electron chi connectivity index (χ2n) is 9.43. The summed E-state index contributed by atoms with van der Waals surface area (Å²) in [6, 6.07) is 0. The maximum absolute atomic E-state index is 12.5. The third-order valence-corrected chi connectivity index (χ3v) is 7.11. The summed E-state index contributed by atoms with van der Waals surface area (Å²) in [6.07, 6.45) is 21.5. The van der Waals surface area contributed by atoms with Crippen LogP contribution in [0, 0.1) is 23.7 Å². The highest BCUT2D eigenvalue weighted by Crippen LogP contribution is 2.52. The highest BCUT2D eigenvalue weighted by molar-refractivity contribution is 6.06. The number of unbranched alkanes of at least 4 members (excludes halogenated alkanes) is 12. The van der Waals surface area contributed by atoms with Crippen LogP contribution in [0.2, 0.25) is 0 Å². The number of carbonyl (C=O) groups is 3. The lowest BCUT2D eigenvalue weighted by molar-refractivity contribution is -0.199. The van der Waals surface area contributed by atoms with Gasteiger partial charge >= 0.3 is 5.97 Å². The number of hydroxylamine groups is 2. The minimum atomic E-state index is -0.458. The number of carbonyl (C=O) groups excluding carboxylic acids is 3. The predicted octanol–water partition coefficient (Wildman–Crippen LogP) is 5.73. The molecular formula is C25H39NO4. The Balaban J connectivity index is 1.18. The van der Waals surface area contributed by atoms with Gasteiger partial charge in [0, 0.05) is 6.42 Å². The number of hydrogen-bond acceptors (Lipinski definition) is 4. The van der Waals surface area contributed by atoms with Crippen molar-refractivity contribution in [2.45, 2.75) is 103 Å². The number of amides is 2. The molecule has 4 atom stereocenters. The number of allylic oxidation sites excluding steroid dienone is 2. The lowest BCUT2D eigenvalue weighted by Gasteiger charge is -2.15. The van der Waals surface area contributed by atoms with Crippen LogP contribution in [0.15, 0.2) is 12.2 Å². The van der Waals surface area contributed by atoms with E-state index in [2.05, 4.69) is 6.92 Å². The van der Waals surface area contributed by atoms with Gasteiger partial charge in [-0.15, -0.1) is 5.06 Å². The molecule has 1 saturated heterocycles. The van der Waals surface area contributed by atoms with Gasteiger partial charge in [0.15, 0.2) is 0 Å². The molecule has 0 aromatic rings. The van der Waals surface area contributed by atoms with E-state index < -0.39 is 5.97 Å². The quantitative estimate of drug-likeness (QED) is 0.194. The van der Waals surface area contributed by atoms with E-state index in [-0.39, 0.29) is 41.9 Å². The van der Waals surface area contributed by atoms with Crippen molar-refractivity contribution < 1.29 is 19.2 Å². The lowest BCUT2D eigenvalue weighted by atomic mass is 9.85. The van der Waals surface area contributed by atoms with Crippen LogP contribution in [0.5, 0.6) is 0 Å². The first-order valence-electron chi connectivity index (χ1n) is 12.4. The van der Waals surface area contributed by atoms with Gasteiger partial charge in [-0.25, -0.2) is 4.79 Å². The zero-order valence-corrected chi connectivity index (χ0v) is 18.7. The summed E-state index contributed by atoms with van der Waals surface area (Å²) in [6.45, 7) is 2.25. The normalized spacial score (nSPS) is 26.6. The summed E-state index contributed by atoms with van der Waals surface area (Å²) in [5, 5.41) is 0.770. The average Bonchev–Trinajstić information content (AvgIpc) is 3.41. The Kier molecular flexibility index (Phi) is 8.95. The number of rotatable bonds is 15. The molecule has 1 saturated carbocycles. The van der Waals surface area contributed by atoms with E-state index in [0.29, 0.717) is 0 Å².